The Kier molecular flexibility index (Phi) is 13.1. The van der Waals surface area contributed by atoms with E-state index in [2.05, 4.69) is 32.9 Å². The Hall–Kier alpha value is -3.46. The Morgan fingerprint density at radius 2 is 1.35 bits per heavy atom. The van der Waals surface area contributed by atoms with Crippen LogP contribution < -0.4 is 4.74 Å². The van der Waals surface area contributed by atoms with Crippen molar-refractivity contribution in [3.05, 3.63) is 99.0 Å². The summed E-state index contributed by atoms with van der Waals surface area (Å²) in [5.41, 5.74) is 2.94. The van der Waals surface area contributed by atoms with Gasteiger partial charge >= 0.3 is 12.1 Å². The molecule has 11 heteroatoms. The molecule has 8 nitrogen and oxygen atoms in total. The number of amidine groups is 1. The van der Waals surface area contributed by atoms with E-state index >= 15 is 0 Å². The number of halogens is 3. The Morgan fingerprint density at radius 1 is 0.816 bits per heavy atom. The molecule has 0 N–H and O–H groups in total. The number of hydrogen-bond acceptors (Lipinski definition) is 5. The Labute approximate surface area is 307 Å². The highest BCUT2D eigenvalue weighted by atomic mass is 35.5. The molecule has 0 saturated carbocycles. The molecule has 3 aromatic rings. The van der Waals surface area contributed by atoms with Gasteiger partial charge in [0.15, 0.2) is 0 Å². The number of hydrogen-bond donors (Lipinski definition) is 0. The highest BCUT2D eigenvalue weighted by Crippen LogP contribution is 2.46. The molecule has 0 aliphatic carbocycles. The summed E-state index contributed by atoms with van der Waals surface area (Å²) in [5, 5.41) is 1.22. The third-order valence-corrected chi connectivity index (χ3v) is 8.79. The van der Waals surface area contributed by atoms with Crippen molar-refractivity contribution in [2.75, 3.05) is 32.8 Å². The quantitative estimate of drug-likeness (QED) is 0.262. The van der Waals surface area contributed by atoms with Crippen LogP contribution in [-0.4, -0.2) is 71.0 Å². The van der Waals surface area contributed by atoms with Gasteiger partial charge in [-0.2, -0.15) is 0 Å². The van der Waals surface area contributed by atoms with Crippen molar-refractivity contribution >= 4 is 53.6 Å². The first-order valence-corrected chi connectivity index (χ1v) is 16.8. The van der Waals surface area contributed by atoms with Gasteiger partial charge in [-0.25, -0.2) is 9.59 Å². The van der Waals surface area contributed by atoms with Gasteiger partial charge in [-0.05, 0) is 86.2 Å². The van der Waals surface area contributed by atoms with Crippen LogP contribution in [0.25, 0.3) is 0 Å². The van der Waals surface area contributed by atoms with Gasteiger partial charge < -0.3 is 19.3 Å². The van der Waals surface area contributed by atoms with E-state index in [4.69, 9.17) is 37.7 Å². The van der Waals surface area contributed by atoms with E-state index in [0.717, 1.165) is 22.3 Å². The van der Waals surface area contributed by atoms with Gasteiger partial charge in [-0.3, -0.25) is 9.89 Å². The second kappa shape index (κ2) is 16.0. The number of rotatable bonds is 5. The van der Waals surface area contributed by atoms with Crippen molar-refractivity contribution in [3.8, 4) is 5.75 Å². The van der Waals surface area contributed by atoms with Gasteiger partial charge in [0.2, 0.25) is 0 Å². The van der Waals surface area contributed by atoms with E-state index in [1.165, 1.54) is 0 Å². The molecule has 0 aromatic heterocycles. The van der Waals surface area contributed by atoms with E-state index in [1.807, 2.05) is 82.3 Å². The summed E-state index contributed by atoms with van der Waals surface area (Å²) in [5.74, 6) is 1.19. The molecule has 0 bridgehead atoms. The monoisotopic (exact) mass is 730 g/mol. The topological polar surface area (TPSA) is 74.7 Å². The highest BCUT2D eigenvalue weighted by Gasteiger charge is 2.45. The minimum Gasteiger partial charge on any atom is -0.493 e. The van der Waals surface area contributed by atoms with Gasteiger partial charge in [0.1, 0.15) is 23.2 Å². The normalized spacial score (nSPS) is 17.9. The zero-order valence-corrected chi connectivity index (χ0v) is 31.0. The minimum absolute atomic E-state index is 0. The van der Waals surface area contributed by atoms with Crippen LogP contribution >= 0.6 is 35.6 Å². The number of benzene rings is 3. The molecule has 1 saturated heterocycles. The summed E-state index contributed by atoms with van der Waals surface area (Å²) in [6, 6.07) is 20.2. The van der Waals surface area contributed by atoms with Crippen molar-refractivity contribution in [1.29, 1.82) is 0 Å². The molecule has 0 spiro atoms. The SMILES string of the molecule is C.CCOc1cc(C(C)(C)C)ccc1C1=N[C@@H](c2ccc(Cl)cc2)[C@@H](c2ccc(Cl)cc2)N1C(=O)N1CCN(C(=O)OC(C)(C)C)CC1.Cl. The molecule has 3 amide bonds. The second-order valence-electron chi connectivity index (χ2n) is 13.9. The molecule has 0 radical (unpaired) electrons. The van der Waals surface area contributed by atoms with Crippen molar-refractivity contribution < 1.29 is 19.1 Å². The molecular formula is C38H49Cl3N4O4. The van der Waals surface area contributed by atoms with Crippen LogP contribution in [0, 0.1) is 0 Å². The van der Waals surface area contributed by atoms with Crippen LogP contribution in [0.3, 0.4) is 0 Å². The number of ether oxygens (including phenoxy) is 2. The molecule has 2 aliphatic rings. The van der Waals surface area contributed by atoms with Gasteiger partial charge in [-0.1, -0.05) is 81.7 Å². The number of urea groups is 1. The molecule has 3 aromatic carbocycles. The fraction of sp³-hybridized carbons (Fsp3) is 0.447. The lowest BCUT2D eigenvalue weighted by Gasteiger charge is -2.39. The molecule has 2 atom stereocenters. The summed E-state index contributed by atoms with van der Waals surface area (Å²) in [4.78, 5) is 38.2. The molecular weight excluding hydrogens is 683 g/mol. The summed E-state index contributed by atoms with van der Waals surface area (Å²) in [7, 11) is 0. The largest absolute Gasteiger partial charge is 0.493 e. The molecule has 2 aliphatic heterocycles. The predicted octanol–water partition coefficient (Wildman–Crippen LogP) is 9.96. The molecule has 1 fully saturated rings. The molecule has 0 unspecified atom stereocenters. The van der Waals surface area contributed by atoms with E-state index < -0.39 is 17.7 Å². The standard InChI is InChI=1S/C37H44Cl2N4O4.CH4.ClH/c1-8-46-30-23-26(36(2,3)4)13-18-29(30)33-40-31(24-9-14-27(38)15-10-24)32(25-11-16-28(39)17-12-25)43(33)34(44)41-19-21-42(22-20-41)35(45)47-37(5,6)7;;/h9-18,23,31-32H,8,19-22H2,1-7H3;1H4;1H/t31-,32+;;/m0../s1. The molecule has 2 heterocycles. The number of piperazine rings is 1. The second-order valence-corrected chi connectivity index (χ2v) is 14.8. The average Bonchev–Trinajstić information content (AvgIpc) is 3.40. The third kappa shape index (κ3) is 9.21. The number of aliphatic imine (C=N–C) groups is 1. The van der Waals surface area contributed by atoms with Crippen LogP contribution in [0.1, 0.15) is 90.2 Å². The van der Waals surface area contributed by atoms with E-state index in [-0.39, 0.29) is 37.4 Å². The lowest BCUT2D eigenvalue weighted by Crippen LogP contribution is -2.55. The maximum Gasteiger partial charge on any atom is 0.410 e. The van der Waals surface area contributed by atoms with Crippen molar-refractivity contribution in [2.45, 2.75) is 79.0 Å². The summed E-state index contributed by atoms with van der Waals surface area (Å²) >= 11 is 12.6. The third-order valence-electron chi connectivity index (χ3n) is 8.29. The van der Waals surface area contributed by atoms with Gasteiger partial charge in [0.05, 0.1) is 18.2 Å². The van der Waals surface area contributed by atoms with E-state index in [0.29, 0.717) is 54.4 Å². The van der Waals surface area contributed by atoms with E-state index in [1.54, 1.807) is 14.7 Å². The maximum absolute atomic E-state index is 14.8. The molecule has 5 rings (SSSR count). The fourth-order valence-corrected chi connectivity index (χ4v) is 6.11. The van der Waals surface area contributed by atoms with Crippen LogP contribution in [0.15, 0.2) is 71.7 Å². The van der Waals surface area contributed by atoms with Gasteiger partial charge in [0, 0.05) is 36.2 Å². The van der Waals surface area contributed by atoms with Crippen LogP contribution in [-0.2, 0) is 10.2 Å². The smallest absolute Gasteiger partial charge is 0.410 e. The maximum atomic E-state index is 14.8. The van der Waals surface area contributed by atoms with Gasteiger partial charge in [-0.15, -0.1) is 12.4 Å². The predicted molar refractivity (Wildman–Crippen MR) is 202 cm³/mol. The average molecular weight is 732 g/mol. The molecule has 49 heavy (non-hydrogen) atoms. The van der Waals surface area contributed by atoms with Gasteiger partial charge in [0.25, 0.3) is 0 Å². The number of nitrogens with zero attached hydrogens (tertiary/aromatic N) is 4. The zero-order valence-electron chi connectivity index (χ0n) is 28.6. The minimum atomic E-state index is -0.603. The van der Waals surface area contributed by atoms with Crippen LogP contribution in [0.2, 0.25) is 10.0 Å². The summed E-state index contributed by atoms with van der Waals surface area (Å²) in [6.45, 7) is 15.8. The first kappa shape index (κ1) is 40.0. The Bertz CT molecular complexity index is 1620. The Balaban J connectivity index is 0.00000325. The van der Waals surface area contributed by atoms with Crippen molar-refractivity contribution in [3.63, 3.8) is 0 Å². The number of carbonyl (C=O) groups is 2. The van der Waals surface area contributed by atoms with Crippen molar-refractivity contribution in [2.24, 2.45) is 4.99 Å². The Morgan fingerprint density at radius 3 is 1.86 bits per heavy atom. The first-order valence-electron chi connectivity index (χ1n) is 16.1. The lowest BCUT2D eigenvalue weighted by molar-refractivity contribution is 0.0161. The highest BCUT2D eigenvalue weighted by molar-refractivity contribution is 6.30. The van der Waals surface area contributed by atoms with Crippen molar-refractivity contribution in [1.82, 2.24) is 14.7 Å². The fourth-order valence-electron chi connectivity index (χ4n) is 5.86. The summed E-state index contributed by atoms with van der Waals surface area (Å²) in [6.07, 6.45) is -0.379. The number of carbonyl (C=O) groups excluding carboxylic acids is 2. The van der Waals surface area contributed by atoms with E-state index in [9.17, 15) is 9.59 Å². The number of amides is 3. The first-order chi connectivity index (χ1) is 22.2. The summed E-state index contributed by atoms with van der Waals surface area (Å²) < 4.78 is 11.8. The molecule has 266 valence electrons. The lowest BCUT2D eigenvalue weighted by atomic mass is 9.86. The van der Waals surface area contributed by atoms with Crippen LogP contribution in [0.4, 0.5) is 9.59 Å². The van der Waals surface area contributed by atoms with Crippen LogP contribution in [0.5, 0.6) is 5.75 Å². The zero-order chi connectivity index (χ0) is 34.1.